The molecule has 6 nitrogen and oxygen atoms in total. The van der Waals surface area contributed by atoms with Gasteiger partial charge in [0.1, 0.15) is 0 Å². The summed E-state index contributed by atoms with van der Waals surface area (Å²) in [5.74, 6) is 1.83. The van der Waals surface area contributed by atoms with Gasteiger partial charge in [0.25, 0.3) is 0 Å². The Bertz CT molecular complexity index is 710. The lowest BCUT2D eigenvalue weighted by molar-refractivity contribution is 0.222. The number of imidazole rings is 1. The van der Waals surface area contributed by atoms with E-state index < -0.39 is 0 Å². The number of halogens is 1. The Morgan fingerprint density at radius 3 is 2.74 bits per heavy atom. The smallest absolute Gasteiger partial charge is 0.221 e. The molecule has 7 heteroatoms. The maximum Gasteiger partial charge on any atom is 0.221 e. The number of nitrogen functional groups attached to an aromatic ring is 1. The molecule has 0 saturated carbocycles. The molecule has 1 heterocycles. The van der Waals surface area contributed by atoms with Gasteiger partial charge in [0.2, 0.25) is 5.95 Å². The van der Waals surface area contributed by atoms with Gasteiger partial charge >= 0.3 is 0 Å². The van der Waals surface area contributed by atoms with Crippen LogP contribution in [0.15, 0.2) is 23.4 Å². The van der Waals surface area contributed by atoms with E-state index in [1.165, 1.54) is 0 Å². The van der Waals surface area contributed by atoms with E-state index in [-0.39, 0.29) is 6.10 Å². The highest BCUT2D eigenvalue weighted by Gasteiger charge is 2.13. The first-order valence-electron chi connectivity index (χ1n) is 7.39. The predicted molar refractivity (Wildman–Crippen MR) is 100 cm³/mol. The van der Waals surface area contributed by atoms with Gasteiger partial charge in [-0.3, -0.25) is 0 Å². The largest absolute Gasteiger partial charge is 0.490 e. The minimum Gasteiger partial charge on any atom is -0.490 e. The summed E-state index contributed by atoms with van der Waals surface area (Å²) in [7, 11) is 0. The van der Waals surface area contributed by atoms with Crippen LogP contribution >= 0.6 is 22.6 Å². The number of nitrogens with two attached hydrogens (primary N) is 1. The molecule has 0 spiro atoms. The molecule has 0 atom stereocenters. The highest BCUT2D eigenvalue weighted by Crippen LogP contribution is 2.34. The highest BCUT2D eigenvalue weighted by atomic mass is 127. The van der Waals surface area contributed by atoms with E-state index in [1.807, 2.05) is 39.8 Å². The van der Waals surface area contributed by atoms with Gasteiger partial charge in [-0.15, -0.1) is 0 Å². The first-order valence-corrected chi connectivity index (χ1v) is 8.47. The third-order valence-electron chi connectivity index (χ3n) is 2.85. The quantitative estimate of drug-likeness (QED) is 0.565. The number of hydrogen-bond donors (Lipinski definition) is 1. The van der Waals surface area contributed by atoms with Crippen LogP contribution in [0.5, 0.6) is 11.5 Å². The lowest BCUT2D eigenvalue weighted by Crippen LogP contribution is -2.09. The number of benzene rings is 1. The monoisotopic (exact) mass is 428 g/mol. The molecule has 2 rings (SSSR count). The van der Waals surface area contributed by atoms with Crippen LogP contribution in [0.3, 0.4) is 0 Å². The summed E-state index contributed by atoms with van der Waals surface area (Å²) in [4.78, 5) is 4.12. The van der Waals surface area contributed by atoms with Crippen molar-refractivity contribution in [3.05, 3.63) is 33.2 Å². The summed E-state index contributed by atoms with van der Waals surface area (Å²) >= 11 is 2.24. The Morgan fingerprint density at radius 2 is 2.17 bits per heavy atom. The normalized spacial score (nSPS) is 11.4. The third kappa shape index (κ3) is 4.60. The number of ether oxygens (including phenoxy) is 2. The summed E-state index contributed by atoms with van der Waals surface area (Å²) in [6.45, 7) is 8.37. The minimum absolute atomic E-state index is 0.0796. The standard InChI is InChI=1S/C16H21IN4O2/c1-5-22-14-7-12(6-13(17)15(14)23-10(2)3)8-19-21-9-11(4)20-16(21)18/h6-10H,5H2,1-4H3,(H2,18,20). The summed E-state index contributed by atoms with van der Waals surface area (Å²) < 4.78 is 14.1. The first-order chi connectivity index (χ1) is 10.9. The van der Waals surface area contributed by atoms with Crippen molar-refractivity contribution in [3.8, 4) is 11.5 Å². The number of hydrogen-bond acceptors (Lipinski definition) is 5. The number of aryl methyl sites for hydroxylation is 1. The maximum atomic E-state index is 5.86. The van der Waals surface area contributed by atoms with Gasteiger partial charge in [0.05, 0.1) is 34.4 Å². The van der Waals surface area contributed by atoms with Crippen LogP contribution in [0.25, 0.3) is 0 Å². The molecule has 0 fully saturated rings. The average Bonchev–Trinajstić information content (AvgIpc) is 2.78. The zero-order chi connectivity index (χ0) is 17.0. The summed E-state index contributed by atoms with van der Waals surface area (Å²) in [5.41, 5.74) is 7.51. The van der Waals surface area contributed by atoms with Crippen LogP contribution in [0.1, 0.15) is 32.0 Å². The molecule has 0 amide bonds. The first kappa shape index (κ1) is 17.6. The molecule has 124 valence electrons. The Labute approximate surface area is 149 Å². The fourth-order valence-electron chi connectivity index (χ4n) is 2.00. The Morgan fingerprint density at radius 1 is 1.43 bits per heavy atom. The molecular weight excluding hydrogens is 407 g/mol. The van der Waals surface area contributed by atoms with E-state index in [0.29, 0.717) is 18.3 Å². The molecule has 1 aromatic carbocycles. The van der Waals surface area contributed by atoms with E-state index >= 15 is 0 Å². The molecule has 2 N–H and O–H groups in total. The van der Waals surface area contributed by atoms with Crippen molar-refractivity contribution in [2.45, 2.75) is 33.8 Å². The van der Waals surface area contributed by atoms with Crippen LogP contribution in [0, 0.1) is 10.5 Å². The average molecular weight is 428 g/mol. The lowest BCUT2D eigenvalue weighted by atomic mass is 10.2. The van der Waals surface area contributed by atoms with Crippen molar-refractivity contribution in [1.29, 1.82) is 0 Å². The van der Waals surface area contributed by atoms with Crippen LogP contribution < -0.4 is 15.2 Å². The Balaban J connectivity index is 2.34. The van der Waals surface area contributed by atoms with Crippen LogP contribution in [-0.2, 0) is 0 Å². The van der Waals surface area contributed by atoms with Gasteiger partial charge < -0.3 is 15.2 Å². The van der Waals surface area contributed by atoms with Gasteiger partial charge in [-0.1, -0.05) is 0 Å². The van der Waals surface area contributed by atoms with Crippen molar-refractivity contribution in [3.63, 3.8) is 0 Å². The molecule has 0 radical (unpaired) electrons. The van der Waals surface area contributed by atoms with Gasteiger partial charge in [-0.05, 0) is 68.0 Å². The Hall–Kier alpha value is -1.77. The summed E-state index contributed by atoms with van der Waals surface area (Å²) in [6, 6.07) is 3.90. The van der Waals surface area contributed by atoms with E-state index in [0.717, 1.165) is 20.6 Å². The van der Waals surface area contributed by atoms with Crippen molar-refractivity contribution >= 4 is 34.8 Å². The van der Waals surface area contributed by atoms with Crippen molar-refractivity contribution < 1.29 is 9.47 Å². The fraction of sp³-hybridized carbons (Fsp3) is 0.375. The molecule has 2 aromatic rings. The predicted octanol–water partition coefficient (Wildman–Crippen LogP) is 3.45. The molecule has 0 bridgehead atoms. The van der Waals surface area contributed by atoms with E-state index in [1.54, 1.807) is 17.1 Å². The number of anilines is 1. The molecule has 0 unspecified atom stereocenters. The molecule has 0 aliphatic carbocycles. The molecule has 0 aliphatic heterocycles. The van der Waals surface area contributed by atoms with Crippen molar-refractivity contribution in [2.24, 2.45) is 5.10 Å². The van der Waals surface area contributed by atoms with Gasteiger partial charge in [-0.2, -0.15) is 5.10 Å². The highest BCUT2D eigenvalue weighted by molar-refractivity contribution is 14.1. The maximum absolute atomic E-state index is 5.86. The zero-order valence-corrected chi connectivity index (χ0v) is 15.9. The van der Waals surface area contributed by atoms with Gasteiger partial charge in [0.15, 0.2) is 11.5 Å². The third-order valence-corrected chi connectivity index (χ3v) is 3.65. The second-order valence-electron chi connectivity index (χ2n) is 5.26. The van der Waals surface area contributed by atoms with Crippen LogP contribution in [0.2, 0.25) is 0 Å². The SMILES string of the molecule is CCOc1cc(C=Nn2cc(C)nc2N)cc(I)c1OC(C)C. The summed E-state index contributed by atoms with van der Waals surface area (Å²) in [5, 5.41) is 4.33. The number of nitrogens with zero attached hydrogens (tertiary/aromatic N) is 3. The van der Waals surface area contributed by atoms with Crippen molar-refractivity contribution in [1.82, 2.24) is 9.66 Å². The van der Waals surface area contributed by atoms with Gasteiger partial charge in [0, 0.05) is 0 Å². The van der Waals surface area contributed by atoms with Crippen LogP contribution in [-0.4, -0.2) is 28.6 Å². The lowest BCUT2D eigenvalue weighted by Gasteiger charge is -2.16. The topological polar surface area (TPSA) is 74.7 Å². The molecular formula is C16H21IN4O2. The second-order valence-corrected chi connectivity index (χ2v) is 6.42. The van der Waals surface area contributed by atoms with Crippen molar-refractivity contribution in [2.75, 3.05) is 12.3 Å². The Kier molecular flexibility index (Phi) is 5.86. The second kappa shape index (κ2) is 7.67. The summed E-state index contributed by atoms with van der Waals surface area (Å²) in [6.07, 6.45) is 3.58. The van der Waals surface area contributed by atoms with Crippen LogP contribution in [0.4, 0.5) is 5.95 Å². The van der Waals surface area contributed by atoms with E-state index in [4.69, 9.17) is 15.2 Å². The molecule has 0 aliphatic rings. The number of aromatic nitrogens is 2. The molecule has 0 saturated heterocycles. The fourth-order valence-corrected chi connectivity index (χ4v) is 2.75. The minimum atomic E-state index is 0.0796. The molecule has 23 heavy (non-hydrogen) atoms. The number of rotatable bonds is 6. The van der Waals surface area contributed by atoms with E-state index in [2.05, 4.69) is 32.7 Å². The zero-order valence-electron chi connectivity index (χ0n) is 13.7. The van der Waals surface area contributed by atoms with E-state index in [9.17, 15) is 0 Å². The molecule has 1 aromatic heterocycles. The van der Waals surface area contributed by atoms with Gasteiger partial charge in [-0.25, -0.2) is 9.66 Å².